The van der Waals surface area contributed by atoms with Crippen molar-refractivity contribution in [3.8, 4) is 0 Å². The summed E-state index contributed by atoms with van der Waals surface area (Å²) in [5.74, 6) is 0.909. The first-order valence-corrected chi connectivity index (χ1v) is 6.03. The minimum Gasteiger partial charge on any atom is -0.372 e. The second-order valence-corrected chi connectivity index (χ2v) is 6.25. The third kappa shape index (κ3) is 1.84. The zero-order chi connectivity index (χ0) is 11.3. The minimum atomic E-state index is -0.198. The molecule has 0 aromatic rings. The summed E-state index contributed by atoms with van der Waals surface area (Å²) in [7, 11) is 0. The molecule has 2 fully saturated rings. The number of carbonyl (C=O) groups excluding carboxylic acids is 1. The number of hydrogen-bond donors (Lipinski definition) is 0. The Bertz CT molecular complexity index is 282. The van der Waals surface area contributed by atoms with Gasteiger partial charge in [-0.3, -0.25) is 4.79 Å². The van der Waals surface area contributed by atoms with Gasteiger partial charge >= 0.3 is 0 Å². The molecule has 1 aliphatic heterocycles. The van der Waals surface area contributed by atoms with E-state index in [0.29, 0.717) is 24.2 Å². The molecule has 1 heterocycles. The Balaban J connectivity index is 2.29. The van der Waals surface area contributed by atoms with Crippen LogP contribution in [0, 0.1) is 11.3 Å². The zero-order valence-electron chi connectivity index (χ0n) is 10.3. The Kier molecular flexibility index (Phi) is 2.45. The molecular weight excluding hydrogens is 188 g/mol. The number of Topliss-reactive ketones (excluding diaryl/α,β-unsaturated/α-hetero) is 1. The maximum atomic E-state index is 11.8. The summed E-state index contributed by atoms with van der Waals surface area (Å²) < 4.78 is 6.06. The average Bonchev–Trinajstić information content (AvgIpc) is 1.97. The quantitative estimate of drug-likeness (QED) is 0.614. The van der Waals surface area contributed by atoms with E-state index in [1.54, 1.807) is 0 Å². The van der Waals surface area contributed by atoms with Gasteiger partial charge < -0.3 is 4.74 Å². The van der Waals surface area contributed by atoms with Crippen LogP contribution in [0.5, 0.6) is 0 Å². The third-order valence-corrected chi connectivity index (χ3v) is 4.21. The number of ether oxygens (including phenoxy) is 1. The van der Waals surface area contributed by atoms with Crippen molar-refractivity contribution < 1.29 is 9.53 Å². The van der Waals surface area contributed by atoms with Crippen molar-refractivity contribution in [2.24, 2.45) is 11.3 Å². The van der Waals surface area contributed by atoms with Crippen molar-refractivity contribution in [3.05, 3.63) is 0 Å². The number of carbonyl (C=O) groups is 1. The van der Waals surface area contributed by atoms with E-state index >= 15 is 0 Å². The Morgan fingerprint density at radius 3 is 2.53 bits per heavy atom. The average molecular weight is 210 g/mol. The first-order valence-electron chi connectivity index (χ1n) is 6.03. The highest BCUT2D eigenvalue weighted by Gasteiger charge is 2.52. The largest absolute Gasteiger partial charge is 0.372 e. The molecule has 2 aliphatic rings. The van der Waals surface area contributed by atoms with Crippen molar-refractivity contribution in [2.45, 2.75) is 65.1 Å². The summed E-state index contributed by atoms with van der Waals surface area (Å²) in [6.07, 6.45) is 4.00. The molecule has 0 aromatic carbocycles. The second-order valence-electron chi connectivity index (χ2n) is 6.25. The molecule has 1 saturated carbocycles. The Labute approximate surface area is 92.4 Å². The van der Waals surface area contributed by atoms with E-state index in [1.807, 2.05) is 0 Å². The highest BCUT2D eigenvalue weighted by atomic mass is 16.5. The Morgan fingerprint density at radius 1 is 1.20 bits per heavy atom. The van der Waals surface area contributed by atoms with Crippen LogP contribution in [0.2, 0.25) is 0 Å². The number of rotatable bonds is 0. The van der Waals surface area contributed by atoms with Gasteiger partial charge in [0.25, 0.3) is 0 Å². The molecule has 0 N–H and O–H groups in total. The summed E-state index contributed by atoms with van der Waals surface area (Å²) in [4.78, 5) is 11.8. The molecule has 3 atom stereocenters. The topological polar surface area (TPSA) is 26.3 Å². The summed E-state index contributed by atoms with van der Waals surface area (Å²) in [6, 6.07) is 0. The van der Waals surface area contributed by atoms with Gasteiger partial charge in [-0.2, -0.15) is 0 Å². The van der Waals surface area contributed by atoms with Crippen LogP contribution in [0.15, 0.2) is 0 Å². The molecule has 15 heavy (non-hydrogen) atoms. The van der Waals surface area contributed by atoms with Crippen molar-refractivity contribution in [1.29, 1.82) is 0 Å². The van der Waals surface area contributed by atoms with Gasteiger partial charge in [0.05, 0.1) is 11.7 Å². The van der Waals surface area contributed by atoms with Gasteiger partial charge in [-0.15, -0.1) is 0 Å². The standard InChI is InChI=1S/C13H22O2/c1-9-5-6-11-12(2,3)7-10(14)8-13(11,4)15-9/h9,11H,5-8H2,1-4H3/t9-,11+,13+/m0/s1. The van der Waals surface area contributed by atoms with Gasteiger partial charge in [-0.05, 0) is 38.0 Å². The van der Waals surface area contributed by atoms with Crippen LogP contribution in [-0.4, -0.2) is 17.5 Å². The van der Waals surface area contributed by atoms with Gasteiger partial charge in [0, 0.05) is 12.8 Å². The first kappa shape index (κ1) is 11.1. The number of ketones is 1. The molecule has 0 aromatic heterocycles. The zero-order valence-corrected chi connectivity index (χ0v) is 10.3. The van der Waals surface area contributed by atoms with E-state index in [1.165, 1.54) is 6.42 Å². The highest BCUT2D eigenvalue weighted by Crippen LogP contribution is 2.51. The fourth-order valence-corrected chi connectivity index (χ4v) is 3.77. The summed E-state index contributed by atoms with van der Waals surface area (Å²) >= 11 is 0. The van der Waals surface area contributed by atoms with Gasteiger partial charge in [0.15, 0.2) is 0 Å². The first-order chi connectivity index (χ1) is 6.83. The van der Waals surface area contributed by atoms with Crippen molar-refractivity contribution in [1.82, 2.24) is 0 Å². The highest BCUT2D eigenvalue weighted by molar-refractivity contribution is 5.81. The molecule has 2 nitrogen and oxygen atoms in total. The van der Waals surface area contributed by atoms with Crippen LogP contribution in [0.25, 0.3) is 0 Å². The third-order valence-electron chi connectivity index (χ3n) is 4.21. The molecule has 0 unspecified atom stereocenters. The van der Waals surface area contributed by atoms with Gasteiger partial charge in [0.1, 0.15) is 5.78 Å². The van der Waals surface area contributed by atoms with Crippen LogP contribution in [0.1, 0.15) is 53.4 Å². The van der Waals surface area contributed by atoms with Crippen LogP contribution in [-0.2, 0) is 9.53 Å². The monoisotopic (exact) mass is 210 g/mol. The summed E-state index contributed by atoms with van der Waals surface area (Å²) in [6.45, 7) is 8.68. The molecular formula is C13H22O2. The molecule has 0 spiro atoms. The van der Waals surface area contributed by atoms with Gasteiger partial charge in [-0.1, -0.05) is 13.8 Å². The van der Waals surface area contributed by atoms with Crippen molar-refractivity contribution in [2.75, 3.05) is 0 Å². The fourth-order valence-electron chi connectivity index (χ4n) is 3.77. The molecule has 1 aliphatic carbocycles. The van der Waals surface area contributed by atoms with E-state index in [9.17, 15) is 4.79 Å². The van der Waals surface area contributed by atoms with E-state index in [-0.39, 0.29) is 11.0 Å². The molecule has 1 saturated heterocycles. The molecule has 0 amide bonds. The van der Waals surface area contributed by atoms with Gasteiger partial charge in [0.2, 0.25) is 0 Å². The lowest BCUT2D eigenvalue weighted by Crippen LogP contribution is -2.55. The summed E-state index contributed by atoms with van der Waals surface area (Å²) in [5.41, 5.74) is -0.0826. The molecule has 86 valence electrons. The fraction of sp³-hybridized carbons (Fsp3) is 0.923. The van der Waals surface area contributed by atoms with E-state index < -0.39 is 0 Å². The lowest BCUT2D eigenvalue weighted by atomic mass is 9.59. The van der Waals surface area contributed by atoms with Gasteiger partial charge in [-0.25, -0.2) is 0 Å². The molecule has 2 heteroatoms. The predicted molar refractivity (Wildman–Crippen MR) is 59.7 cm³/mol. The molecule has 2 rings (SSSR count). The lowest BCUT2D eigenvalue weighted by molar-refractivity contribution is -0.194. The van der Waals surface area contributed by atoms with Crippen LogP contribution < -0.4 is 0 Å². The van der Waals surface area contributed by atoms with Crippen molar-refractivity contribution >= 4 is 5.78 Å². The van der Waals surface area contributed by atoms with Crippen molar-refractivity contribution in [3.63, 3.8) is 0 Å². The molecule has 0 radical (unpaired) electrons. The lowest BCUT2D eigenvalue weighted by Gasteiger charge is -2.53. The van der Waals surface area contributed by atoms with Crippen LogP contribution in [0.3, 0.4) is 0 Å². The normalized spacial score (nSPS) is 44.9. The predicted octanol–water partition coefficient (Wildman–Crippen LogP) is 2.95. The smallest absolute Gasteiger partial charge is 0.136 e. The maximum Gasteiger partial charge on any atom is 0.136 e. The number of fused-ring (bicyclic) bond motifs is 1. The minimum absolute atomic E-state index is 0.115. The molecule has 0 bridgehead atoms. The SMILES string of the molecule is C[C@H]1CC[C@@H]2C(C)(C)CC(=O)C[C@@]2(C)O1. The maximum absolute atomic E-state index is 11.8. The number of hydrogen-bond acceptors (Lipinski definition) is 2. The Morgan fingerprint density at radius 2 is 1.87 bits per heavy atom. The van der Waals surface area contributed by atoms with E-state index in [4.69, 9.17) is 4.74 Å². The Hall–Kier alpha value is -0.370. The van der Waals surface area contributed by atoms with Crippen LogP contribution >= 0.6 is 0 Å². The van der Waals surface area contributed by atoms with E-state index in [2.05, 4.69) is 27.7 Å². The van der Waals surface area contributed by atoms with Crippen LogP contribution in [0.4, 0.5) is 0 Å². The second kappa shape index (κ2) is 3.31. The van der Waals surface area contributed by atoms with E-state index in [0.717, 1.165) is 12.8 Å². The summed E-state index contributed by atoms with van der Waals surface area (Å²) in [5, 5.41) is 0.